The number of rotatable bonds is 2. The van der Waals surface area contributed by atoms with E-state index in [2.05, 4.69) is 86.6 Å². The molecule has 2 heterocycles. The Bertz CT molecular complexity index is 1200. The monoisotopic (exact) mass is 360 g/mol. The highest BCUT2D eigenvalue weighted by molar-refractivity contribution is 6.06. The third kappa shape index (κ3) is 2.74. The molecule has 3 aromatic carbocycles. The molecule has 0 bridgehead atoms. The van der Waals surface area contributed by atoms with Crippen molar-refractivity contribution in [3.8, 4) is 22.5 Å². The SMILES string of the molecule is Cc1cc(-c2ccccc2)nc2c1ccc1c(C)cc(-c3ccccc3)nc12. The molecule has 0 saturated heterocycles. The Kier molecular flexibility index (Phi) is 3.91. The van der Waals surface area contributed by atoms with Crippen molar-refractivity contribution in [2.45, 2.75) is 13.8 Å². The predicted molar refractivity (Wildman–Crippen MR) is 117 cm³/mol. The summed E-state index contributed by atoms with van der Waals surface area (Å²) in [5, 5.41) is 2.31. The van der Waals surface area contributed by atoms with Crippen molar-refractivity contribution in [1.29, 1.82) is 0 Å². The predicted octanol–water partition coefficient (Wildman–Crippen LogP) is 6.73. The summed E-state index contributed by atoms with van der Waals surface area (Å²) in [5.74, 6) is 0. The first-order chi connectivity index (χ1) is 13.7. The lowest BCUT2D eigenvalue weighted by molar-refractivity contribution is 1.33. The fraction of sp³-hybridized carbons (Fsp3) is 0.0769. The van der Waals surface area contributed by atoms with E-state index < -0.39 is 0 Å². The number of nitrogens with zero attached hydrogens (tertiary/aromatic N) is 2. The number of fused-ring (bicyclic) bond motifs is 3. The first-order valence-corrected chi connectivity index (χ1v) is 9.53. The zero-order chi connectivity index (χ0) is 19.1. The van der Waals surface area contributed by atoms with Gasteiger partial charge >= 0.3 is 0 Å². The van der Waals surface area contributed by atoms with Gasteiger partial charge in [-0.25, -0.2) is 9.97 Å². The van der Waals surface area contributed by atoms with Gasteiger partial charge in [0.05, 0.1) is 22.4 Å². The van der Waals surface area contributed by atoms with Crippen LogP contribution >= 0.6 is 0 Å². The third-order valence-corrected chi connectivity index (χ3v) is 5.31. The minimum absolute atomic E-state index is 0.970. The van der Waals surface area contributed by atoms with E-state index in [0.717, 1.165) is 44.3 Å². The number of aromatic nitrogens is 2. The van der Waals surface area contributed by atoms with E-state index in [0.29, 0.717) is 0 Å². The van der Waals surface area contributed by atoms with Gasteiger partial charge in [0, 0.05) is 21.9 Å². The average Bonchev–Trinajstić information content (AvgIpc) is 2.75. The number of hydrogen-bond donors (Lipinski definition) is 0. The number of hydrogen-bond acceptors (Lipinski definition) is 2. The normalized spacial score (nSPS) is 11.2. The van der Waals surface area contributed by atoms with Crippen LogP contribution in [0.2, 0.25) is 0 Å². The first-order valence-electron chi connectivity index (χ1n) is 9.53. The van der Waals surface area contributed by atoms with E-state index in [-0.39, 0.29) is 0 Å². The van der Waals surface area contributed by atoms with Gasteiger partial charge in [0.2, 0.25) is 0 Å². The fourth-order valence-electron chi connectivity index (χ4n) is 3.83. The molecular weight excluding hydrogens is 340 g/mol. The lowest BCUT2D eigenvalue weighted by Crippen LogP contribution is -1.94. The molecule has 5 rings (SSSR count). The molecule has 0 amide bonds. The van der Waals surface area contributed by atoms with Crippen LogP contribution in [0.3, 0.4) is 0 Å². The zero-order valence-corrected chi connectivity index (χ0v) is 16.0. The van der Waals surface area contributed by atoms with Crippen LogP contribution in [0, 0.1) is 13.8 Å². The van der Waals surface area contributed by atoms with Gasteiger partial charge in [-0.3, -0.25) is 0 Å². The van der Waals surface area contributed by atoms with Gasteiger partial charge < -0.3 is 0 Å². The standard InChI is InChI=1S/C26H20N2/c1-17-15-23(19-9-5-3-6-10-19)27-25-21(17)13-14-22-18(2)16-24(28-26(22)25)20-11-7-4-8-12-20/h3-16H,1-2H3. The molecule has 2 nitrogen and oxygen atoms in total. The smallest absolute Gasteiger partial charge is 0.0975 e. The van der Waals surface area contributed by atoms with Crippen molar-refractivity contribution in [2.24, 2.45) is 0 Å². The van der Waals surface area contributed by atoms with Crippen molar-refractivity contribution in [3.63, 3.8) is 0 Å². The molecule has 0 N–H and O–H groups in total. The Morgan fingerprint density at radius 1 is 0.500 bits per heavy atom. The highest BCUT2D eigenvalue weighted by Gasteiger charge is 2.12. The summed E-state index contributed by atoms with van der Waals surface area (Å²) in [7, 11) is 0. The summed E-state index contributed by atoms with van der Waals surface area (Å²) >= 11 is 0. The van der Waals surface area contributed by atoms with E-state index >= 15 is 0 Å². The Hall–Kier alpha value is -3.52. The Balaban J connectivity index is 1.85. The molecule has 0 radical (unpaired) electrons. The number of aryl methyl sites for hydroxylation is 2. The molecule has 0 aliphatic heterocycles. The minimum atomic E-state index is 0.970. The average molecular weight is 360 g/mol. The van der Waals surface area contributed by atoms with Crippen molar-refractivity contribution >= 4 is 21.8 Å². The van der Waals surface area contributed by atoms with Crippen LogP contribution in [0.1, 0.15) is 11.1 Å². The lowest BCUT2D eigenvalue weighted by Gasteiger charge is -2.12. The second-order valence-corrected chi connectivity index (χ2v) is 7.24. The lowest BCUT2D eigenvalue weighted by atomic mass is 10.00. The highest BCUT2D eigenvalue weighted by Crippen LogP contribution is 2.32. The molecule has 134 valence electrons. The van der Waals surface area contributed by atoms with Crippen LogP contribution in [-0.4, -0.2) is 9.97 Å². The molecular formula is C26H20N2. The van der Waals surface area contributed by atoms with E-state index in [1.54, 1.807) is 0 Å². The summed E-state index contributed by atoms with van der Waals surface area (Å²) in [4.78, 5) is 10.1. The number of benzene rings is 3. The van der Waals surface area contributed by atoms with Crippen LogP contribution in [0.5, 0.6) is 0 Å². The topological polar surface area (TPSA) is 25.8 Å². The summed E-state index contributed by atoms with van der Waals surface area (Å²) < 4.78 is 0. The first kappa shape index (κ1) is 16.6. The second-order valence-electron chi connectivity index (χ2n) is 7.24. The van der Waals surface area contributed by atoms with Gasteiger partial charge in [-0.1, -0.05) is 72.8 Å². The molecule has 0 spiro atoms. The summed E-state index contributed by atoms with van der Waals surface area (Å²) in [5.41, 5.74) is 8.60. The van der Waals surface area contributed by atoms with Gasteiger partial charge in [-0.15, -0.1) is 0 Å². The van der Waals surface area contributed by atoms with Gasteiger partial charge in [-0.05, 0) is 37.1 Å². The maximum absolute atomic E-state index is 5.05. The van der Waals surface area contributed by atoms with Gasteiger partial charge in [0.1, 0.15) is 0 Å². The molecule has 5 aromatic rings. The Morgan fingerprint density at radius 3 is 1.29 bits per heavy atom. The maximum Gasteiger partial charge on any atom is 0.0975 e. The van der Waals surface area contributed by atoms with Crippen LogP contribution in [0.4, 0.5) is 0 Å². The van der Waals surface area contributed by atoms with Crippen molar-refractivity contribution in [1.82, 2.24) is 9.97 Å². The molecule has 0 aliphatic carbocycles. The Labute approximate surface area is 164 Å². The summed E-state index contributed by atoms with van der Waals surface area (Å²) in [6.45, 7) is 4.30. The van der Waals surface area contributed by atoms with E-state index in [1.807, 2.05) is 12.1 Å². The molecule has 0 atom stereocenters. The third-order valence-electron chi connectivity index (χ3n) is 5.31. The van der Waals surface area contributed by atoms with Crippen LogP contribution in [-0.2, 0) is 0 Å². The van der Waals surface area contributed by atoms with Gasteiger partial charge in [-0.2, -0.15) is 0 Å². The fourth-order valence-corrected chi connectivity index (χ4v) is 3.83. The van der Waals surface area contributed by atoms with Crippen LogP contribution in [0.15, 0.2) is 84.9 Å². The molecule has 0 unspecified atom stereocenters. The minimum Gasteiger partial charge on any atom is -0.245 e. The Morgan fingerprint density at radius 2 is 0.893 bits per heavy atom. The quantitative estimate of drug-likeness (QED) is 0.326. The van der Waals surface area contributed by atoms with Crippen molar-refractivity contribution < 1.29 is 0 Å². The molecule has 0 saturated carbocycles. The highest BCUT2D eigenvalue weighted by atomic mass is 14.8. The maximum atomic E-state index is 5.05. The van der Waals surface area contributed by atoms with Crippen LogP contribution < -0.4 is 0 Å². The molecule has 2 heteroatoms. The van der Waals surface area contributed by atoms with E-state index in [4.69, 9.17) is 9.97 Å². The van der Waals surface area contributed by atoms with E-state index in [9.17, 15) is 0 Å². The van der Waals surface area contributed by atoms with Gasteiger partial charge in [0.25, 0.3) is 0 Å². The number of pyridine rings is 2. The molecule has 28 heavy (non-hydrogen) atoms. The van der Waals surface area contributed by atoms with E-state index in [1.165, 1.54) is 11.1 Å². The summed E-state index contributed by atoms with van der Waals surface area (Å²) in [6, 6.07) is 29.4. The largest absolute Gasteiger partial charge is 0.245 e. The summed E-state index contributed by atoms with van der Waals surface area (Å²) in [6.07, 6.45) is 0. The second kappa shape index (κ2) is 6.58. The van der Waals surface area contributed by atoms with Gasteiger partial charge in [0.15, 0.2) is 0 Å². The van der Waals surface area contributed by atoms with Crippen molar-refractivity contribution in [2.75, 3.05) is 0 Å². The zero-order valence-electron chi connectivity index (χ0n) is 16.0. The van der Waals surface area contributed by atoms with Crippen LogP contribution in [0.25, 0.3) is 44.3 Å². The van der Waals surface area contributed by atoms with Crippen molar-refractivity contribution in [3.05, 3.63) is 96.1 Å². The molecule has 0 aliphatic rings. The molecule has 2 aromatic heterocycles. The molecule has 0 fully saturated rings.